The number of amides is 2. The number of benzene rings is 1. The number of carbonyl (C=O) groups excluding carboxylic acids is 3. The zero-order valence-electron chi connectivity index (χ0n) is 15.2. The van der Waals surface area contributed by atoms with Gasteiger partial charge in [0.15, 0.2) is 6.61 Å². The lowest BCUT2D eigenvalue weighted by Gasteiger charge is -2.26. The van der Waals surface area contributed by atoms with Crippen LogP contribution >= 0.6 is 0 Å². The summed E-state index contributed by atoms with van der Waals surface area (Å²) in [5.74, 6) is -1.36. The highest BCUT2D eigenvalue weighted by Crippen LogP contribution is 2.29. The molecule has 3 rings (SSSR count). The molecule has 0 N–H and O–H groups in total. The third kappa shape index (κ3) is 3.88. The second-order valence-corrected chi connectivity index (χ2v) is 6.73. The Morgan fingerprint density at radius 3 is 2.69 bits per heavy atom. The first-order chi connectivity index (χ1) is 12.5. The van der Waals surface area contributed by atoms with Crippen molar-refractivity contribution in [2.75, 3.05) is 44.4 Å². The van der Waals surface area contributed by atoms with Gasteiger partial charge in [0.05, 0.1) is 19.1 Å². The molecule has 0 aliphatic carbocycles. The van der Waals surface area contributed by atoms with Crippen LogP contribution < -0.4 is 4.90 Å². The van der Waals surface area contributed by atoms with Crippen LogP contribution in [0, 0.1) is 19.8 Å². The lowest BCUT2D eigenvalue weighted by molar-refractivity contribution is -0.156. The molecule has 7 nitrogen and oxygen atoms in total. The predicted octanol–water partition coefficient (Wildman–Crippen LogP) is 1.06. The van der Waals surface area contributed by atoms with E-state index in [1.165, 1.54) is 0 Å². The Balaban J connectivity index is 1.57. The average Bonchev–Trinajstić information content (AvgIpc) is 3.04. The van der Waals surface area contributed by atoms with E-state index in [1.54, 1.807) is 9.80 Å². The Bertz CT molecular complexity index is 712. The van der Waals surface area contributed by atoms with E-state index in [-0.39, 0.29) is 31.4 Å². The van der Waals surface area contributed by atoms with Crippen LogP contribution in [-0.2, 0) is 23.9 Å². The number of hydrogen-bond donors (Lipinski definition) is 0. The van der Waals surface area contributed by atoms with Crippen LogP contribution in [0.25, 0.3) is 0 Å². The standard InChI is InChI=1S/C19H24N2O5/c1-13-4-3-5-16(14(13)2)21-11-15(10-17(21)22)19(24)26-12-18(23)20-6-8-25-9-7-20/h3-5,15H,6-12H2,1-2H3/t15-/m1/s1. The monoisotopic (exact) mass is 360 g/mol. The fourth-order valence-corrected chi connectivity index (χ4v) is 3.28. The number of esters is 1. The number of anilines is 1. The van der Waals surface area contributed by atoms with Crippen molar-refractivity contribution in [1.82, 2.24) is 4.90 Å². The summed E-state index contributed by atoms with van der Waals surface area (Å²) in [6.07, 6.45) is 0.109. The largest absolute Gasteiger partial charge is 0.455 e. The number of nitrogens with zero attached hydrogens (tertiary/aromatic N) is 2. The van der Waals surface area contributed by atoms with Gasteiger partial charge < -0.3 is 19.3 Å². The zero-order valence-corrected chi connectivity index (χ0v) is 15.2. The van der Waals surface area contributed by atoms with E-state index in [2.05, 4.69) is 0 Å². The van der Waals surface area contributed by atoms with Crippen molar-refractivity contribution in [1.29, 1.82) is 0 Å². The van der Waals surface area contributed by atoms with Gasteiger partial charge in [-0.25, -0.2) is 0 Å². The molecule has 0 aromatic heterocycles. The Hall–Kier alpha value is -2.41. The Morgan fingerprint density at radius 1 is 1.23 bits per heavy atom. The lowest BCUT2D eigenvalue weighted by Crippen LogP contribution is -2.43. The molecule has 1 aromatic carbocycles. The molecular formula is C19H24N2O5. The van der Waals surface area contributed by atoms with E-state index in [4.69, 9.17) is 9.47 Å². The maximum atomic E-state index is 12.4. The van der Waals surface area contributed by atoms with Crippen LogP contribution in [0.1, 0.15) is 17.5 Å². The van der Waals surface area contributed by atoms with Gasteiger partial charge in [-0.05, 0) is 31.0 Å². The average molecular weight is 360 g/mol. The van der Waals surface area contributed by atoms with Crippen LogP contribution in [0.15, 0.2) is 18.2 Å². The highest BCUT2D eigenvalue weighted by molar-refractivity contribution is 6.00. The van der Waals surface area contributed by atoms with Crippen molar-refractivity contribution in [3.05, 3.63) is 29.3 Å². The molecular weight excluding hydrogens is 336 g/mol. The molecule has 2 fully saturated rings. The van der Waals surface area contributed by atoms with E-state index in [0.717, 1.165) is 16.8 Å². The third-order valence-corrected chi connectivity index (χ3v) is 5.03. The van der Waals surface area contributed by atoms with Crippen LogP contribution in [0.5, 0.6) is 0 Å². The molecule has 0 radical (unpaired) electrons. The maximum absolute atomic E-state index is 12.4. The van der Waals surface area contributed by atoms with Gasteiger partial charge >= 0.3 is 5.97 Å². The van der Waals surface area contributed by atoms with E-state index in [1.807, 2.05) is 32.0 Å². The summed E-state index contributed by atoms with van der Waals surface area (Å²) in [6, 6.07) is 5.77. The third-order valence-electron chi connectivity index (χ3n) is 5.03. The van der Waals surface area contributed by atoms with Gasteiger partial charge in [-0.3, -0.25) is 14.4 Å². The van der Waals surface area contributed by atoms with E-state index >= 15 is 0 Å². The minimum Gasteiger partial charge on any atom is -0.455 e. The molecule has 2 heterocycles. The fraction of sp³-hybridized carbons (Fsp3) is 0.526. The number of aryl methyl sites for hydroxylation is 1. The zero-order chi connectivity index (χ0) is 18.7. The van der Waals surface area contributed by atoms with Gasteiger partial charge in [-0.1, -0.05) is 12.1 Å². The molecule has 2 saturated heterocycles. The molecule has 2 aliphatic rings. The van der Waals surface area contributed by atoms with Crippen molar-refractivity contribution in [3.63, 3.8) is 0 Å². The van der Waals surface area contributed by atoms with E-state index < -0.39 is 11.9 Å². The SMILES string of the molecule is Cc1cccc(N2C[C@H](C(=O)OCC(=O)N3CCOCC3)CC2=O)c1C. The summed E-state index contributed by atoms with van der Waals surface area (Å²) in [7, 11) is 0. The highest BCUT2D eigenvalue weighted by Gasteiger charge is 2.37. The van der Waals surface area contributed by atoms with Gasteiger partial charge in [0.25, 0.3) is 5.91 Å². The molecule has 0 bridgehead atoms. The first-order valence-electron chi connectivity index (χ1n) is 8.86. The Labute approximate surface area is 152 Å². The van der Waals surface area contributed by atoms with E-state index in [0.29, 0.717) is 26.3 Å². The smallest absolute Gasteiger partial charge is 0.311 e. The minimum atomic E-state index is -0.542. The molecule has 2 amide bonds. The number of ether oxygens (including phenoxy) is 2. The van der Waals surface area contributed by atoms with Crippen LogP contribution in [-0.4, -0.2) is 62.1 Å². The van der Waals surface area contributed by atoms with Gasteiger partial charge in [0, 0.05) is 31.7 Å². The molecule has 7 heteroatoms. The van der Waals surface area contributed by atoms with Gasteiger partial charge in [-0.2, -0.15) is 0 Å². The second kappa shape index (κ2) is 7.86. The van der Waals surface area contributed by atoms with Crippen molar-refractivity contribution >= 4 is 23.5 Å². The molecule has 140 valence electrons. The molecule has 2 aliphatic heterocycles. The molecule has 0 unspecified atom stereocenters. The molecule has 0 saturated carbocycles. The van der Waals surface area contributed by atoms with Crippen LogP contribution in [0.2, 0.25) is 0 Å². The maximum Gasteiger partial charge on any atom is 0.311 e. The number of rotatable bonds is 4. The van der Waals surface area contributed by atoms with Gasteiger partial charge in [0.2, 0.25) is 5.91 Å². The second-order valence-electron chi connectivity index (χ2n) is 6.73. The Morgan fingerprint density at radius 2 is 1.96 bits per heavy atom. The first-order valence-corrected chi connectivity index (χ1v) is 8.86. The van der Waals surface area contributed by atoms with Crippen LogP contribution in [0.3, 0.4) is 0 Å². The van der Waals surface area contributed by atoms with E-state index in [9.17, 15) is 14.4 Å². The minimum absolute atomic E-state index is 0.0971. The Kier molecular flexibility index (Phi) is 5.56. The summed E-state index contributed by atoms with van der Waals surface area (Å²) in [5.41, 5.74) is 2.95. The van der Waals surface area contributed by atoms with Gasteiger partial charge in [-0.15, -0.1) is 0 Å². The van der Waals surface area contributed by atoms with Crippen LogP contribution in [0.4, 0.5) is 5.69 Å². The van der Waals surface area contributed by atoms with Crippen molar-refractivity contribution in [3.8, 4) is 0 Å². The summed E-state index contributed by atoms with van der Waals surface area (Å²) in [6.45, 7) is 5.98. The normalized spacial score (nSPS) is 20.4. The van der Waals surface area contributed by atoms with Gasteiger partial charge in [0.1, 0.15) is 0 Å². The molecule has 1 aromatic rings. The first kappa shape index (κ1) is 18.4. The summed E-state index contributed by atoms with van der Waals surface area (Å²) < 4.78 is 10.4. The number of carbonyl (C=O) groups is 3. The molecule has 1 atom stereocenters. The lowest BCUT2D eigenvalue weighted by atomic mass is 10.1. The molecule has 0 spiro atoms. The highest BCUT2D eigenvalue weighted by atomic mass is 16.5. The summed E-state index contributed by atoms with van der Waals surface area (Å²) in [5, 5.41) is 0. The van der Waals surface area contributed by atoms with Crippen molar-refractivity contribution in [2.24, 2.45) is 5.92 Å². The van der Waals surface area contributed by atoms with Crippen molar-refractivity contribution < 1.29 is 23.9 Å². The number of hydrogen-bond acceptors (Lipinski definition) is 5. The number of morpholine rings is 1. The van der Waals surface area contributed by atoms with Crippen molar-refractivity contribution in [2.45, 2.75) is 20.3 Å². The quantitative estimate of drug-likeness (QED) is 0.751. The summed E-state index contributed by atoms with van der Waals surface area (Å²) in [4.78, 5) is 40.0. The summed E-state index contributed by atoms with van der Waals surface area (Å²) >= 11 is 0. The predicted molar refractivity (Wildman–Crippen MR) is 94.7 cm³/mol. The topological polar surface area (TPSA) is 76.2 Å². The molecule has 26 heavy (non-hydrogen) atoms. The fourth-order valence-electron chi connectivity index (χ4n) is 3.28.